The summed E-state index contributed by atoms with van der Waals surface area (Å²) in [5.41, 5.74) is 3.20. The maximum absolute atomic E-state index is 13.5. The van der Waals surface area contributed by atoms with Gasteiger partial charge < -0.3 is 19.0 Å². The molecule has 1 aliphatic heterocycles. The zero-order valence-electron chi connectivity index (χ0n) is 21.4. The molecule has 0 saturated carbocycles. The summed E-state index contributed by atoms with van der Waals surface area (Å²) in [5.74, 6) is -1.71. The highest BCUT2D eigenvalue weighted by Crippen LogP contribution is 2.28. The van der Waals surface area contributed by atoms with Crippen LogP contribution >= 0.6 is 0 Å². The molecule has 1 atom stereocenters. The topological polar surface area (TPSA) is 67.9 Å². The number of ether oxygens (including phenoxy) is 1. The van der Waals surface area contributed by atoms with Gasteiger partial charge in [-0.1, -0.05) is 54.6 Å². The Kier molecular flexibility index (Phi) is 7.47. The van der Waals surface area contributed by atoms with Crippen molar-refractivity contribution in [1.29, 1.82) is 0 Å². The van der Waals surface area contributed by atoms with E-state index in [4.69, 9.17) is 4.42 Å². The molecule has 3 aromatic carbocycles. The van der Waals surface area contributed by atoms with Crippen molar-refractivity contribution in [2.75, 3.05) is 26.7 Å². The second-order valence-corrected chi connectivity index (χ2v) is 9.65. The fourth-order valence-corrected chi connectivity index (χ4v) is 5.00. The highest BCUT2D eigenvalue weighted by molar-refractivity contribution is 5.80. The minimum atomic E-state index is -4.89. The third-order valence-electron chi connectivity index (χ3n) is 7.06. The van der Waals surface area contributed by atoms with Gasteiger partial charge in [0.1, 0.15) is 12.3 Å². The molecular weight excluding hydrogens is 511 g/mol. The summed E-state index contributed by atoms with van der Waals surface area (Å²) in [6.45, 7) is 2.11. The Morgan fingerprint density at radius 2 is 1.67 bits per heavy atom. The van der Waals surface area contributed by atoms with Crippen LogP contribution in [0.4, 0.5) is 13.2 Å². The van der Waals surface area contributed by atoms with Crippen LogP contribution in [0.3, 0.4) is 0 Å². The highest BCUT2D eigenvalue weighted by atomic mass is 19.4. The molecule has 1 unspecified atom stereocenters. The summed E-state index contributed by atoms with van der Waals surface area (Å²) in [7, 11) is 1.68. The number of amides is 1. The van der Waals surface area contributed by atoms with E-state index in [-0.39, 0.29) is 23.0 Å². The minimum absolute atomic E-state index is 0.0480. The fourth-order valence-electron chi connectivity index (χ4n) is 5.00. The van der Waals surface area contributed by atoms with E-state index < -0.39 is 24.4 Å². The standard InChI is InChI=1S/C29H28F3N3O4/c1-33(27(36)19-35-24-17-23(39-29(30,31)32)13-14-26(24)38-28(35)37)25(18-34-15-5-6-16-34)22-11-9-21(10-12-22)20-7-3-2-4-8-20/h2-4,7-14,17,25H,5-6,15-16,18-19H2,1H3. The summed E-state index contributed by atoms with van der Waals surface area (Å²) in [5, 5.41) is 0. The average Bonchev–Trinajstić information content (AvgIpc) is 3.54. The molecule has 1 aliphatic rings. The smallest absolute Gasteiger partial charge is 0.408 e. The van der Waals surface area contributed by atoms with Crippen LogP contribution in [0.25, 0.3) is 22.2 Å². The van der Waals surface area contributed by atoms with Crippen molar-refractivity contribution in [3.63, 3.8) is 0 Å². The number of halogens is 3. The largest absolute Gasteiger partial charge is 0.573 e. The number of likely N-dealkylation sites (tertiary alicyclic amines) is 1. The van der Waals surface area contributed by atoms with Crippen molar-refractivity contribution in [2.45, 2.75) is 31.8 Å². The SMILES string of the molecule is CN(C(=O)Cn1c(=O)oc2ccc(OC(F)(F)F)cc21)C(CN1CCCC1)c1ccc(-c2ccccc2)cc1. The molecule has 2 heterocycles. The van der Waals surface area contributed by atoms with Crippen LogP contribution in [0.2, 0.25) is 0 Å². The minimum Gasteiger partial charge on any atom is -0.408 e. The van der Waals surface area contributed by atoms with Crippen LogP contribution in [-0.4, -0.2) is 53.3 Å². The number of oxazole rings is 1. The molecule has 204 valence electrons. The summed E-state index contributed by atoms with van der Waals surface area (Å²) in [4.78, 5) is 29.9. The molecule has 7 nitrogen and oxygen atoms in total. The van der Waals surface area contributed by atoms with E-state index >= 15 is 0 Å². The molecule has 1 aromatic heterocycles. The number of carbonyl (C=O) groups excluding carboxylic acids is 1. The Morgan fingerprint density at radius 1 is 1.00 bits per heavy atom. The average molecular weight is 540 g/mol. The Bertz CT molecular complexity index is 1490. The van der Waals surface area contributed by atoms with E-state index in [1.807, 2.05) is 54.6 Å². The zero-order chi connectivity index (χ0) is 27.6. The first-order valence-electron chi connectivity index (χ1n) is 12.7. The third-order valence-corrected chi connectivity index (χ3v) is 7.06. The zero-order valence-corrected chi connectivity index (χ0v) is 21.4. The summed E-state index contributed by atoms with van der Waals surface area (Å²) in [6.07, 6.45) is -2.70. The van der Waals surface area contributed by atoms with Gasteiger partial charge in [0.05, 0.1) is 11.6 Å². The van der Waals surface area contributed by atoms with E-state index in [9.17, 15) is 22.8 Å². The normalized spacial score (nSPS) is 15.0. The van der Waals surface area contributed by atoms with E-state index in [1.54, 1.807) is 11.9 Å². The van der Waals surface area contributed by atoms with Crippen molar-refractivity contribution < 1.29 is 27.1 Å². The van der Waals surface area contributed by atoms with Gasteiger partial charge in [-0.2, -0.15) is 0 Å². The summed E-state index contributed by atoms with van der Waals surface area (Å²) in [6, 6.07) is 21.1. The Labute approximate surface area is 223 Å². The molecule has 4 aromatic rings. The second-order valence-electron chi connectivity index (χ2n) is 9.65. The lowest BCUT2D eigenvalue weighted by atomic mass is 9.99. The Morgan fingerprint density at radius 3 is 2.33 bits per heavy atom. The van der Waals surface area contributed by atoms with E-state index in [1.165, 1.54) is 6.07 Å². The van der Waals surface area contributed by atoms with Gasteiger partial charge in [-0.15, -0.1) is 13.2 Å². The van der Waals surface area contributed by atoms with Crippen LogP contribution in [0, 0.1) is 0 Å². The molecule has 10 heteroatoms. The first-order valence-corrected chi connectivity index (χ1v) is 12.7. The van der Waals surface area contributed by atoms with Gasteiger partial charge in [0.2, 0.25) is 5.91 Å². The lowest BCUT2D eigenvalue weighted by Crippen LogP contribution is -2.40. The van der Waals surface area contributed by atoms with Gasteiger partial charge in [0, 0.05) is 19.7 Å². The first-order chi connectivity index (χ1) is 18.7. The van der Waals surface area contributed by atoms with Crippen LogP contribution in [-0.2, 0) is 11.3 Å². The van der Waals surface area contributed by atoms with Crippen molar-refractivity contribution in [3.8, 4) is 16.9 Å². The molecule has 0 aliphatic carbocycles. The number of carbonyl (C=O) groups is 1. The van der Waals surface area contributed by atoms with Crippen molar-refractivity contribution in [3.05, 3.63) is 88.9 Å². The van der Waals surface area contributed by atoms with Gasteiger partial charge in [-0.25, -0.2) is 4.79 Å². The summed E-state index contributed by atoms with van der Waals surface area (Å²) >= 11 is 0. The summed E-state index contributed by atoms with van der Waals surface area (Å²) < 4.78 is 48.3. The number of rotatable bonds is 8. The Hall–Kier alpha value is -4.05. The van der Waals surface area contributed by atoms with Crippen molar-refractivity contribution in [2.24, 2.45) is 0 Å². The molecule has 5 rings (SSSR count). The van der Waals surface area contributed by atoms with Crippen molar-refractivity contribution in [1.82, 2.24) is 14.4 Å². The van der Waals surface area contributed by atoms with Gasteiger partial charge >= 0.3 is 12.1 Å². The number of hydrogen-bond donors (Lipinski definition) is 0. The van der Waals surface area contributed by atoms with E-state index in [0.717, 1.165) is 59.3 Å². The predicted octanol–water partition coefficient (Wildman–Crippen LogP) is 5.46. The maximum Gasteiger partial charge on any atom is 0.573 e. The van der Waals surface area contributed by atoms with Crippen molar-refractivity contribution >= 4 is 17.0 Å². The molecule has 0 radical (unpaired) electrons. The molecular formula is C29H28F3N3O4. The monoisotopic (exact) mass is 539 g/mol. The molecule has 0 bridgehead atoms. The lowest BCUT2D eigenvalue weighted by molar-refractivity contribution is -0.274. The highest BCUT2D eigenvalue weighted by Gasteiger charge is 2.32. The molecule has 1 amide bonds. The van der Waals surface area contributed by atoms with Gasteiger partial charge in [-0.05, 0) is 54.8 Å². The first kappa shape index (κ1) is 26.6. The van der Waals surface area contributed by atoms with E-state index in [0.29, 0.717) is 6.54 Å². The second kappa shape index (κ2) is 11.0. The van der Waals surface area contributed by atoms with Crippen LogP contribution in [0.1, 0.15) is 24.4 Å². The van der Waals surface area contributed by atoms with Gasteiger partial charge in [0.15, 0.2) is 5.58 Å². The molecule has 0 spiro atoms. The molecule has 1 saturated heterocycles. The number of fused-ring (bicyclic) bond motifs is 1. The van der Waals surface area contributed by atoms with Crippen LogP contribution < -0.4 is 10.5 Å². The fraction of sp³-hybridized carbons (Fsp3) is 0.310. The number of aromatic nitrogens is 1. The van der Waals surface area contributed by atoms with E-state index in [2.05, 4.69) is 9.64 Å². The quantitative estimate of drug-likeness (QED) is 0.298. The number of benzene rings is 3. The van der Waals surface area contributed by atoms with Crippen LogP contribution in [0.5, 0.6) is 5.75 Å². The molecule has 1 fully saturated rings. The molecule has 0 N–H and O–H groups in total. The predicted molar refractivity (Wildman–Crippen MR) is 140 cm³/mol. The maximum atomic E-state index is 13.5. The lowest BCUT2D eigenvalue weighted by Gasteiger charge is -2.32. The number of alkyl halides is 3. The van der Waals surface area contributed by atoms with Crippen LogP contribution in [0.15, 0.2) is 82.0 Å². The Balaban J connectivity index is 1.41. The van der Waals surface area contributed by atoms with Gasteiger partial charge in [-0.3, -0.25) is 9.36 Å². The third kappa shape index (κ3) is 6.17. The van der Waals surface area contributed by atoms with Gasteiger partial charge in [0.25, 0.3) is 0 Å². The molecule has 39 heavy (non-hydrogen) atoms. The number of likely N-dealkylation sites (N-methyl/N-ethyl adjacent to an activating group) is 1. The number of hydrogen-bond acceptors (Lipinski definition) is 5. The number of nitrogens with zero attached hydrogens (tertiary/aromatic N) is 3.